The molecule has 0 radical (unpaired) electrons. The Hall–Kier alpha value is -1.71. The van der Waals surface area contributed by atoms with Gasteiger partial charge in [0.1, 0.15) is 11.3 Å². The number of ether oxygens (including phenoxy) is 1. The molecule has 9 heteroatoms. The van der Waals surface area contributed by atoms with Crippen molar-refractivity contribution in [3.63, 3.8) is 0 Å². The van der Waals surface area contributed by atoms with E-state index in [2.05, 4.69) is 14.3 Å². The number of aryl methyl sites for hydroxylation is 2. The Morgan fingerprint density at radius 3 is 2.65 bits per heavy atom. The van der Waals surface area contributed by atoms with Crippen molar-refractivity contribution in [2.45, 2.75) is 39.7 Å². The van der Waals surface area contributed by atoms with Crippen molar-refractivity contribution in [2.24, 2.45) is 5.92 Å². The number of anilines is 1. The third-order valence-electron chi connectivity index (χ3n) is 4.71. The lowest BCUT2D eigenvalue weighted by molar-refractivity contribution is 0.131. The van der Waals surface area contributed by atoms with Gasteiger partial charge in [0.2, 0.25) is 10.0 Å². The molecule has 0 saturated heterocycles. The van der Waals surface area contributed by atoms with Gasteiger partial charge in [-0.3, -0.25) is 0 Å². The normalized spacial score (nSPS) is 15.0. The standard InChI is InChI=1S/C17H27N5O3S/c1-11-12(2)20-17(18)15-16(11)22(14(21-15)10-13-4-5-13)7-9-25-8-6-19-26(3,23)24/h13,19H,4-10H2,1-3H3,(H2,18,20). The maximum absolute atomic E-state index is 11.1. The predicted molar refractivity (Wildman–Crippen MR) is 102 cm³/mol. The van der Waals surface area contributed by atoms with E-state index >= 15 is 0 Å². The molecular formula is C17H27N5O3S. The Morgan fingerprint density at radius 2 is 2.00 bits per heavy atom. The molecule has 0 bridgehead atoms. The highest BCUT2D eigenvalue weighted by molar-refractivity contribution is 7.88. The zero-order valence-corrected chi connectivity index (χ0v) is 16.4. The molecule has 0 unspecified atom stereocenters. The molecule has 3 rings (SSSR count). The van der Waals surface area contributed by atoms with Crippen molar-refractivity contribution in [2.75, 3.05) is 31.7 Å². The van der Waals surface area contributed by atoms with Crippen LogP contribution in [0.25, 0.3) is 11.0 Å². The maximum Gasteiger partial charge on any atom is 0.208 e. The number of sulfonamides is 1. The van der Waals surface area contributed by atoms with Crippen molar-refractivity contribution < 1.29 is 13.2 Å². The van der Waals surface area contributed by atoms with Crippen molar-refractivity contribution in [1.29, 1.82) is 0 Å². The van der Waals surface area contributed by atoms with Crippen LogP contribution in [0.1, 0.15) is 29.9 Å². The van der Waals surface area contributed by atoms with Crippen LogP contribution in [0.15, 0.2) is 0 Å². The first kappa shape index (κ1) is 19.1. The van der Waals surface area contributed by atoms with Gasteiger partial charge >= 0.3 is 0 Å². The molecule has 8 nitrogen and oxygen atoms in total. The second kappa shape index (κ2) is 7.50. The summed E-state index contributed by atoms with van der Waals surface area (Å²) in [6.07, 6.45) is 4.59. The fourth-order valence-corrected chi connectivity index (χ4v) is 3.53. The maximum atomic E-state index is 11.1. The first-order chi connectivity index (χ1) is 12.3. The molecule has 26 heavy (non-hydrogen) atoms. The molecule has 144 valence electrons. The number of imidazole rings is 1. The van der Waals surface area contributed by atoms with E-state index in [4.69, 9.17) is 15.5 Å². The van der Waals surface area contributed by atoms with E-state index < -0.39 is 10.0 Å². The molecule has 1 saturated carbocycles. The monoisotopic (exact) mass is 381 g/mol. The number of aromatic nitrogens is 3. The molecule has 1 aliphatic carbocycles. The summed E-state index contributed by atoms with van der Waals surface area (Å²) in [4.78, 5) is 9.17. The second-order valence-electron chi connectivity index (χ2n) is 7.01. The summed E-state index contributed by atoms with van der Waals surface area (Å²) in [6.45, 7) is 5.74. The van der Waals surface area contributed by atoms with Gasteiger partial charge in [0.25, 0.3) is 0 Å². The average Bonchev–Trinajstić information content (AvgIpc) is 3.28. The molecule has 3 N–H and O–H groups in total. The molecular weight excluding hydrogens is 354 g/mol. The van der Waals surface area contributed by atoms with Crippen LogP contribution in [-0.2, 0) is 27.7 Å². The molecule has 0 aliphatic heterocycles. The molecule has 2 aromatic rings. The fraction of sp³-hybridized carbons (Fsp3) is 0.647. The average molecular weight is 382 g/mol. The van der Waals surface area contributed by atoms with Gasteiger partial charge < -0.3 is 15.0 Å². The van der Waals surface area contributed by atoms with Gasteiger partial charge in [-0.1, -0.05) is 0 Å². The van der Waals surface area contributed by atoms with Gasteiger partial charge in [-0.2, -0.15) is 0 Å². The number of hydrogen-bond acceptors (Lipinski definition) is 6. The minimum absolute atomic E-state index is 0.271. The molecule has 0 spiro atoms. The van der Waals surface area contributed by atoms with Gasteiger partial charge in [0, 0.05) is 25.2 Å². The van der Waals surface area contributed by atoms with E-state index in [1.807, 2.05) is 13.8 Å². The van der Waals surface area contributed by atoms with Gasteiger partial charge in [-0.05, 0) is 38.2 Å². The molecule has 0 atom stereocenters. The van der Waals surface area contributed by atoms with Crippen LogP contribution in [0.3, 0.4) is 0 Å². The van der Waals surface area contributed by atoms with Crippen molar-refractivity contribution in [1.82, 2.24) is 19.3 Å². The number of pyridine rings is 1. The van der Waals surface area contributed by atoms with E-state index in [0.29, 0.717) is 31.5 Å². The number of hydrogen-bond donors (Lipinski definition) is 2. The number of nitrogen functional groups attached to an aromatic ring is 1. The second-order valence-corrected chi connectivity index (χ2v) is 8.84. The van der Waals surface area contributed by atoms with Gasteiger partial charge in [0.05, 0.1) is 25.0 Å². The van der Waals surface area contributed by atoms with Crippen molar-refractivity contribution >= 4 is 26.9 Å². The smallest absolute Gasteiger partial charge is 0.208 e. The minimum Gasteiger partial charge on any atom is -0.382 e. The molecule has 0 amide bonds. The summed E-state index contributed by atoms with van der Waals surface area (Å²) in [7, 11) is -3.18. The van der Waals surface area contributed by atoms with Gasteiger partial charge in [0.15, 0.2) is 5.82 Å². The highest BCUT2D eigenvalue weighted by Gasteiger charge is 2.26. The van der Waals surface area contributed by atoms with E-state index in [1.165, 1.54) is 12.8 Å². The zero-order valence-electron chi connectivity index (χ0n) is 15.6. The number of rotatable bonds is 9. The lowest BCUT2D eigenvalue weighted by Crippen LogP contribution is -2.26. The van der Waals surface area contributed by atoms with E-state index in [-0.39, 0.29) is 6.54 Å². The van der Waals surface area contributed by atoms with Crippen molar-refractivity contribution in [3.8, 4) is 0 Å². The fourth-order valence-electron chi connectivity index (χ4n) is 3.08. The number of fused-ring (bicyclic) bond motifs is 1. The number of nitrogens with two attached hydrogens (primary N) is 1. The first-order valence-corrected chi connectivity index (χ1v) is 10.8. The van der Waals surface area contributed by atoms with E-state index in [9.17, 15) is 8.42 Å². The molecule has 0 aromatic carbocycles. The lowest BCUT2D eigenvalue weighted by atomic mass is 10.2. The Kier molecular flexibility index (Phi) is 5.50. The Balaban J connectivity index is 1.74. The van der Waals surface area contributed by atoms with E-state index in [0.717, 1.165) is 40.8 Å². The van der Waals surface area contributed by atoms with E-state index in [1.54, 1.807) is 0 Å². The van der Waals surface area contributed by atoms with Crippen LogP contribution in [0, 0.1) is 19.8 Å². The SMILES string of the molecule is Cc1nc(N)c2nc(CC3CC3)n(CCOCCNS(C)(=O)=O)c2c1C. The molecule has 2 heterocycles. The third kappa shape index (κ3) is 4.52. The summed E-state index contributed by atoms with van der Waals surface area (Å²) in [5.41, 5.74) is 9.90. The number of nitrogens with one attached hydrogen (secondary N) is 1. The van der Waals surface area contributed by atoms with Crippen LogP contribution in [0.5, 0.6) is 0 Å². The first-order valence-electron chi connectivity index (χ1n) is 8.90. The summed E-state index contributed by atoms with van der Waals surface area (Å²) in [5, 5.41) is 0. The molecule has 1 fully saturated rings. The Labute approximate surface area is 154 Å². The highest BCUT2D eigenvalue weighted by atomic mass is 32.2. The van der Waals surface area contributed by atoms with Crippen LogP contribution in [-0.4, -0.2) is 49.0 Å². The van der Waals surface area contributed by atoms with Crippen molar-refractivity contribution in [3.05, 3.63) is 17.1 Å². The minimum atomic E-state index is -3.18. The quantitative estimate of drug-likeness (QED) is 0.630. The van der Waals surface area contributed by atoms with Crippen LogP contribution >= 0.6 is 0 Å². The topological polar surface area (TPSA) is 112 Å². The summed E-state index contributed by atoms with van der Waals surface area (Å²) in [5.74, 6) is 2.21. The van der Waals surface area contributed by atoms with Crippen LogP contribution in [0.2, 0.25) is 0 Å². The van der Waals surface area contributed by atoms with Crippen LogP contribution in [0.4, 0.5) is 5.82 Å². The summed E-state index contributed by atoms with van der Waals surface area (Å²) in [6, 6.07) is 0. The largest absolute Gasteiger partial charge is 0.382 e. The number of nitrogens with zero attached hydrogens (tertiary/aromatic N) is 3. The zero-order chi connectivity index (χ0) is 18.9. The lowest BCUT2D eigenvalue weighted by Gasteiger charge is -2.12. The third-order valence-corrected chi connectivity index (χ3v) is 5.44. The molecule has 2 aromatic heterocycles. The Bertz CT molecular complexity index is 903. The predicted octanol–water partition coefficient (Wildman–Crippen LogP) is 1.15. The highest BCUT2D eigenvalue weighted by Crippen LogP contribution is 2.34. The van der Waals surface area contributed by atoms with Crippen LogP contribution < -0.4 is 10.5 Å². The summed E-state index contributed by atoms with van der Waals surface area (Å²) >= 11 is 0. The summed E-state index contributed by atoms with van der Waals surface area (Å²) < 4.78 is 32.3. The van der Waals surface area contributed by atoms with Gasteiger partial charge in [-0.15, -0.1) is 0 Å². The van der Waals surface area contributed by atoms with Gasteiger partial charge in [-0.25, -0.2) is 23.1 Å². The molecule has 1 aliphatic rings. The Morgan fingerprint density at radius 1 is 1.27 bits per heavy atom.